The molecule has 0 aromatic carbocycles. The van der Waals surface area contributed by atoms with Crippen LogP contribution in [0.2, 0.25) is 0 Å². The van der Waals surface area contributed by atoms with Crippen LogP contribution in [0.1, 0.15) is 33.3 Å². The topological polar surface area (TPSA) is 95.3 Å². The van der Waals surface area contributed by atoms with Crippen LogP contribution in [0.4, 0.5) is 26.8 Å². The van der Waals surface area contributed by atoms with Gasteiger partial charge in [0, 0.05) is 62.1 Å². The molecule has 2 aliphatic rings. The number of piperazine rings is 1. The number of amides is 3. The number of carbonyl (C=O) groups excluding carboxylic acids is 2. The Morgan fingerprint density at radius 2 is 1.94 bits per heavy atom. The monoisotopic (exact) mass is 477 g/mol. The summed E-state index contributed by atoms with van der Waals surface area (Å²) in [6.45, 7) is 10.2. The van der Waals surface area contributed by atoms with Gasteiger partial charge in [0.05, 0.1) is 11.2 Å². The first kappa shape index (κ1) is 22.9. The molecule has 5 rings (SSSR count). The highest BCUT2D eigenvalue weighted by Gasteiger charge is 2.34. The van der Waals surface area contributed by atoms with Gasteiger partial charge in [0.2, 0.25) is 0 Å². The fraction of sp³-hybridized carbons (Fsp3) is 0.440. The minimum Gasteiger partial charge on any atom is -0.444 e. The van der Waals surface area contributed by atoms with Gasteiger partial charge < -0.3 is 19.9 Å². The molecule has 1 N–H and O–H groups in total. The Labute approximate surface area is 204 Å². The molecule has 2 aliphatic heterocycles. The Kier molecular flexibility index (Phi) is 5.74. The Hall–Kier alpha value is -3.82. The van der Waals surface area contributed by atoms with E-state index in [1.165, 1.54) is 0 Å². The first-order valence-corrected chi connectivity index (χ1v) is 11.9. The van der Waals surface area contributed by atoms with Crippen LogP contribution in [0.15, 0.2) is 42.9 Å². The number of fused-ring (bicyclic) bond motifs is 2. The van der Waals surface area contributed by atoms with E-state index in [-0.39, 0.29) is 18.2 Å². The standard InChI is InChI=1S/C25H31N7O3/c1-17-16-29(14-15-30(17)24(34)35-25(2,3)4)20-8-10-26-22-18(20)9-13-31(22)23(33)28-19-7-11-27-32-12-5-6-21(19)32/h5-8,10-12,17H,9,13-16H2,1-4H3,(H,28,33)/t17-/m0/s1. The van der Waals surface area contributed by atoms with Crippen LogP contribution >= 0.6 is 0 Å². The van der Waals surface area contributed by atoms with Gasteiger partial charge in [-0.05, 0) is 58.4 Å². The van der Waals surface area contributed by atoms with Gasteiger partial charge in [0.25, 0.3) is 0 Å². The molecule has 184 valence electrons. The van der Waals surface area contributed by atoms with Gasteiger partial charge in [-0.1, -0.05) is 0 Å². The lowest BCUT2D eigenvalue weighted by Crippen LogP contribution is -2.55. The van der Waals surface area contributed by atoms with Gasteiger partial charge in [0.15, 0.2) is 0 Å². The van der Waals surface area contributed by atoms with E-state index in [9.17, 15) is 9.59 Å². The number of pyridine rings is 1. The summed E-state index contributed by atoms with van der Waals surface area (Å²) < 4.78 is 7.30. The van der Waals surface area contributed by atoms with Crippen molar-refractivity contribution < 1.29 is 14.3 Å². The molecule has 3 aromatic rings. The number of rotatable bonds is 2. The molecule has 1 saturated heterocycles. The summed E-state index contributed by atoms with van der Waals surface area (Å²) in [6, 6.07) is 7.38. The van der Waals surface area contributed by atoms with Gasteiger partial charge >= 0.3 is 12.1 Å². The lowest BCUT2D eigenvalue weighted by molar-refractivity contribution is 0.0159. The molecule has 0 saturated carbocycles. The van der Waals surface area contributed by atoms with E-state index in [1.54, 1.807) is 32.8 Å². The van der Waals surface area contributed by atoms with Gasteiger partial charge in [-0.25, -0.2) is 19.1 Å². The van der Waals surface area contributed by atoms with Gasteiger partial charge in [0.1, 0.15) is 11.4 Å². The maximum atomic E-state index is 13.2. The van der Waals surface area contributed by atoms with Crippen LogP contribution in [0.25, 0.3) is 5.52 Å². The Morgan fingerprint density at radius 1 is 1.11 bits per heavy atom. The molecule has 1 fully saturated rings. The summed E-state index contributed by atoms with van der Waals surface area (Å²) >= 11 is 0. The van der Waals surface area contributed by atoms with Crippen molar-refractivity contribution in [2.75, 3.05) is 41.3 Å². The van der Waals surface area contributed by atoms with Crippen molar-refractivity contribution in [3.05, 3.63) is 48.4 Å². The molecule has 0 radical (unpaired) electrons. The Bertz CT molecular complexity index is 1270. The zero-order valence-electron chi connectivity index (χ0n) is 20.6. The highest BCUT2D eigenvalue weighted by molar-refractivity contribution is 6.05. The fourth-order valence-corrected chi connectivity index (χ4v) is 4.78. The number of urea groups is 1. The van der Waals surface area contributed by atoms with Crippen LogP contribution in [-0.2, 0) is 11.2 Å². The van der Waals surface area contributed by atoms with Crippen LogP contribution in [0, 0.1) is 0 Å². The molecule has 3 aromatic heterocycles. The van der Waals surface area contributed by atoms with Crippen LogP contribution in [-0.4, -0.2) is 69.4 Å². The number of carbonyl (C=O) groups is 2. The minimum absolute atomic E-state index is 0.000588. The SMILES string of the molecule is C[C@H]1CN(c2ccnc3c2CCN3C(=O)Nc2ccnn3cccc23)CCN1C(=O)OC(C)(C)C. The number of anilines is 3. The van der Waals surface area contributed by atoms with Crippen molar-refractivity contribution in [2.24, 2.45) is 0 Å². The Balaban J connectivity index is 1.31. The zero-order chi connectivity index (χ0) is 24.7. The van der Waals surface area contributed by atoms with Crippen molar-refractivity contribution >= 4 is 34.8 Å². The molecule has 35 heavy (non-hydrogen) atoms. The largest absolute Gasteiger partial charge is 0.444 e. The maximum Gasteiger partial charge on any atom is 0.410 e. The second kappa shape index (κ2) is 8.75. The molecule has 10 nitrogen and oxygen atoms in total. The summed E-state index contributed by atoms with van der Waals surface area (Å²) in [5, 5.41) is 7.26. The molecule has 5 heterocycles. The third kappa shape index (κ3) is 4.48. The molecule has 0 bridgehead atoms. The van der Waals surface area contributed by atoms with E-state index in [4.69, 9.17) is 4.74 Å². The average Bonchev–Trinajstić information content (AvgIpc) is 3.45. The lowest BCUT2D eigenvalue weighted by Gasteiger charge is -2.41. The molecule has 10 heteroatoms. The van der Waals surface area contributed by atoms with Crippen molar-refractivity contribution in [3.63, 3.8) is 0 Å². The molecular formula is C25H31N7O3. The van der Waals surface area contributed by atoms with E-state index in [0.717, 1.165) is 23.2 Å². The van der Waals surface area contributed by atoms with Crippen molar-refractivity contribution in [1.29, 1.82) is 0 Å². The number of nitrogens with zero attached hydrogens (tertiary/aromatic N) is 6. The van der Waals surface area contributed by atoms with Crippen LogP contribution in [0.3, 0.4) is 0 Å². The smallest absolute Gasteiger partial charge is 0.410 e. The highest BCUT2D eigenvalue weighted by atomic mass is 16.6. The third-order valence-electron chi connectivity index (χ3n) is 6.37. The fourth-order valence-electron chi connectivity index (χ4n) is 4.78. The zero-order valence-corrected chi connectivity index (χ0v) is 20.6. The summed E-state index contributed by atoms with van der Waals surface area (Å²) in [7, 11) is 0. The quantitative estimate of drug-likeness (QED) is 0.604. The summed E-state index contributed by atoms with van der Waals surface area (Å²) in [5.41, 5.74) is 3.14. The average molecular weight is 478 g/mol. The number of ether oxygens (including phenoxy) is 1. The lowest BCUT2D eigenvalue weighted by atomic mass is 10.1. The molecule has 3 amide bonds. The maximum absolute atomic E-state index is 13.2. The van der Waals surface area contributed by atoms with Crippen molar-refractivity contribution in [1.82, 2.24) is 19.5 Å². The first-order valence-electron chi connectivity index (χ1n) is 11.9. The van der Waals surface area contributed by atoms with Crippen molar-refractivity contribution in [2.45, 2.75) is 45.8 Å². The summed E-state index contributed by atoms with van der Waals surface area (Å²) in [5.74, 6) is 0.683. The highest BCUT2D eigenvalue weighted by Crippen LogP contribution is 2.35. The molecule has 1 atom stereocenters. The van der Waals surface area contributed by atoms with Gasteiger partial charge in [-0.3, -0.25) is 4.90 Å². The summed E-state index contributed by atoms with van der Waals surface area (Å²) in [6.07, 6.45) is 5.70. The number of aromatic nitrogens is 3. The Morgan fingerprint density at radius 3 is 2.71 bits per heavy atom. The summed E-state index contributed by atoms with van der Waals surface area (Å²) in [4.78, 5) is 36.1. The predicted molar refractivity (Wildman–Crippen MR) is 134 cm³/mol. The molecule has 0 unspecified atom stereocenters. The number of hydrogen-bond acceptors (Lipinski definition) is 6. The van der Waals surface area contributed by atoms with Gasteiger partial charge in [-0.2, -0.15) is 5.10 Å². The van der Waals surface area contributed by atoms with E-state index >= 15 is 0 Å². The predicted octanol–water partition coefficient (Wildman–Crippen LogP) is 3.77. The van der Waals surface area contributed by atoms with Crippen molar-refractivity contribution in [3.8, 4) is 0 Å². The second-order valence-electron chi connectivity index (χ2n) is 10.0. The van der Waals surface area contributed by atoms with Gasteiger partial charge in [-0.15, -0.1) is 0 Å². The van der Waals surface area contributed by atoms with E-state index < -0.39 is 5.60 Å². The molecule has 0 spiro atoms. The van der Waals surface area contributed by atoms with Crippen LogP contribution in [0.5, 0.6) is 0 Å². The molecule has 0 aliphatic carbocycles. The van der Waals surface area contributed by atoms with E-state index in [1.807, 2.05) is 52.1 Å². The molecular weight excluding hydrogens is 446 g/mol. The second-order valence-corrected chi connectivity index (χ2v) is 10.0. The number of hydrogen-bond donors (Lipinski definition) is 1. The minimum atomic E-state index is -0.520. The normalized spacial score (nSPS) is 18.1. The number of nitrogens with one attached hydrogen (secondary N) is 1. The van der Waals surface area contributed by atoms with Crippen LogP contribution < -0.4 is 15.1 Å². The first-order chi connectivity index (χ1) is 16.7. The van der Waals surface area contributed by atoms with E-state index in [2.05, 4.69) is 20.3 Å². The van der Waals surface area contributed by atoms with E-state index in [0.29, 0.717) is 37.7 Å². The third-order valence-corrected chi connectivity index (χ3v) is 6.37.